The van der Waals surface area contributed by atoms with Crippen LogP contribution >= 0.6 is 0 Å². The highest BCUT2D eigenvalue weighted by Gasteiger charge is 2.06. The Labute approximate surface area is 102 Å². The van der Waals surface area contributed by atoms with Gasteiger partial charge in [-0.2, -0.15) is 0 Å². The van der Waals surface area contributed by atoms with Gasteiger partial charge in [0.2, 0.25) is 0 Å². The van der Waals surface area contributed by atoms with Crippen LogP contribution in [0.25, 0.3) is 0 Å². The lowest BCUT2D eigenvalue weighted by molar-refractivity contribution is 0.0948. The lowest BCUT2D eigenvalue weighted by atomic mass is 10.3. The van der Waals surface area contributed by atoms with Gasteiger partial charge in [0, 0.05) is 12.4 Å². The van der Waals surface area contributed by atoms with E-state index in [1.165, 1.54) is 16.8 Å². The average molecular weight is 245 g/mol. The largest absolute Gasteiger partial charge is 0.347 e. The molecule has 18 heavy (non-hydrogen) atoms. The minimum atomic E-state index is -0.476. The zero-order chi connectivity index (χ0) is 13.0. The molecule has 0 saturated carbocycles. The number of hydrogen-bond acceptors (Lipinski definition) is 5. The van der Waals surface area contributed by atoms with Gasteiger partial charge in [0.05, 0.1) is 12.2 Å². The summed E-state index contributed by atoms with van der Waals surface area (Å²) in [6.45, 7) is 0.248. The van der Waals surface area contributed by atoms with Crippen molar-refractivity contribution in [2.24, 2.45) is 5.84 Å². The number of carbonyl (C=O) groups excluding carboxylic acids is 1. The number of nitrogens with two attached hydrogens (primary N) is 1. The molecule has 0 spiro atoms. The summed E-state index contributed by atoms with van der Waals surface area (Å²) in [5.74, 6) is 4.55. The predicted molar refractivity (Wildman–Crippen MR) is 63.5 cm³/mol. The van der Waals surface area contributed by atoms with Crippen LogP contribution in [0.1, 0.15) is 16.2 Å². The van der Waals surface area contributed by atoms with E-state index in [4.69, 9.17) is 5.84 Å². The van der Waals surface area contributed by atoms with E-state index in [0.29, 0.717) is 5.69 Å². The van der Waals surface area contributed by atoms with E-state index in [1.54, 1.807) is 24.4 Å². The molecular weight excluding hydrogens is 234 g/mol. The Bertz CT molecular complexity index is 623. The van der Waals surface area contributed by atoms with Crippen molar-refractivity contribution >= 4 is 5.91 Å². The zero-order valence-electron chi connectivity index (χ0n) is 9.41. The highest BCUT2D eigenvalue weighted by Crippen LogP contribution is 2.00. The van der Waals surface area contributed by atoms with E-state index >= 15 is 0 Å². The van der Waals surface area contributed by atoms with Gasteiger partial charge >= 0.3 is 5.69 Å². The molecule has 0 aliphatic heterocycles. The van der Waals surface area contributed by atoms with E-state index < -0.39 is 5.91 Å². The van der Waals surface area contributed by atoms with Gasteiger partial charge in [-0.15, -0.1) is 0 Å². The van der Waals surface area contributed by atoms with E-state index in [0.717, 1.165) is 0 Å². The van der Waals surface area contributed by atoms with Crippen LogP contribution in [0.3, 0.4) is 0 Å². The third-order valence-electron chi connectivity index (χ3n) is 2.29. The van der Waals surface area contributed by atoms with Gasteiger partial charge in [-0.3, -0.25) is 14.8 Å². The van der Waals surface area contributed by atoms with Crippen LogP contribution in [0.15, 0.2) is 41.5 Å². The minimum absolute atomic E-state index is 0.201. The second-order valence-corrected chi connectivity index (χ2v) is 3.52. The molecule has 3 N–H and O–H groups in total. The Kier molecular flexibility index (Phi) is 3.44. The second-order valence-electron chi connectivity index (χ2n) is 3.52. The number of pyridine rings is 1. The summed E-state index contributed by atoms with van der Waals surface area (Å²) < 4.78 is 1.40. The summed E-state index contributed by atoms with van der Waals surface area (Å²) in [6, 6.07) is 6.58. The minimum Gasteiger partial charge on any atom is -0.293 e. The number of nitrogen functional groups attached to an aromatic ring is 1. The van der Waals surface area contributed by atoms with Crippen molar-refractivity contribution in [1.29, 1.82) is 0 Å². The number of rotatable bonds is 3. The van der Waals surface area contributed by atoms with Crippen molar-refractivity contribution < 1.29 is 4.79 Å². The fourth-order valence-electron chi connectivity index (χ4n) is 1.45. The topological polar surface area (TPSA) is 103 Å². The van der Waals surface area contributed by atoms with Gasteiger partial charge in [0.25, 0.3) is 5.91 Å². The Hall–Kier alpha value is -2.54. The average Bonchev–Trinajstić information content (AvgIpc) is 2.41. The van der Waals surface area contributed by atoms with Crippen LogP contribution in [0.2, 0.25) is 0 Å². The number of aromatic nitrogens is 3. The number of carbonyl (C=O) groups is 1. The van der Waals surface area contributed by atoms with Gasteiger partial charge < -0.3 is 0 Å². The summed E-state index contributed by atoms with van der Waals surface area (Å²) in [5.41, 5.74) is 2.41. The molecule has 0 radical (unpaired) electrons. The maximum atomic E-state index is 11.4. The second kappa shape index (κ2) is 5.19. The Morgan fingerprint density at radius 1 is 1.39 bits per heavy atom. The molecule has 0 atom stereocenters. The molecule has 1 amide bonds. The van der Waals surface area contributed by atoms with Crippen LogP contribution in [0.4, 0.5) is 0 Å². The molecule has 0 bridgehead atoms. The number of amides is 1. The first-order valence-electron chi connectivity index (χ1n) is 5.19. The fourth-order valence-corrected chi connectivity index (χ4v) is 1.45. The monoisotopic (exact) mass is 245 g/mol. The maximum Gasteiger partial charge on any atom is 0.347 e. The first-order chi connectivity index (χ1) is 8.70. The van der Waals surface area contributed by atoms with Crippen LogP contribution in [0.5, 0.6) is 0 Å². The molecule has 0 saturated heterocycles. The molecule has 7 nitrogen and oxygen atoms in total. The third-order valence-corrected chi connectivity index (χ3v) is 2.29. The van der Waals surface area contributed by atoms with Gasteiger partial charge in [-0.1, -0.05) is 6.07 Å². The molecule has 2 heterocycles. The maximum absolute atomic E-state index is 11.4. The van der Waals surface area contributed by atoms with Crippen molar-refractivity contribution in [3.8, 4) is 0 Å². The first-order valence-corrected chi connectivity index (χ1v) is 5.19. The van der Waals surface area contributed by atoms with E-state index in [9.17, 15) is 9.59 Å². The van der Waals surface area contributed by atoms with Gasteiger partial charge in [0.1, 0.15) is 5.69 Å². The normalized spacial score (nSPS) is 10.1. The van der Waals surface area contributed by atoms with Crippen LogP contribution in [-0.2, 0) is 6.54 Å². The van der Waals surface area contributed by atoms with Crippen molar-refractivity contribution in [3.63, 3.8) is 0 Å². The lowest BCUT2D eigenvalue weighted by Crippen LogP contribution is -2.31. The summed E-state index contributed by atoms with van der Waals surface area (Å²) in [4.78, 5) is 30.5. The zero-order valence-corrected chi connectivity index (χ0v) is 9.41. The molecule has 0 fully saturated rings. The quantitative estimate of drug-likeness (QED) is 0.422. The highest BCUT2D eigenvalue weighted by molar-refractivity contribution is 5.91. The van der Waals surface area contributed by atoms with E-state index in [2.05, 4.69) is 9.97 Å². The van der Waals surface area contributed by atoms with Crippen LogP contribution < -0.4 is 17.0 Å². The molecule has 0 unspecified atom stereocenters. The highest BCUT2D eigenvalue weighted by atomic mass is 16.2. The van der Waals surface area contributed by atoms with Gasteiger partial charge in [-0.25, -0.2) is 20.6 Å². The molecule has 92 valence electrons. The summed E-state index contributed by atoms with van der Waals surface area (Å²) in [5, 5.41) is 0. The Morgan fingerprint density at radius 3 is 2.94 bits per heavy atom. The summed E-state index contributed by atoms with van der Waals surface area (Å²) in [6.07, 6.45) is 3.03. The Balaban J connectivity index is 2.28. The van der Waals surface area contributed by atoms with Crippen LogP contribution in [-0.4, -0.2) is 20.4 Å². The number of hydrazine groups is 1. The van der Waals surface area contributed by atoms with Crippen LogP contribution in [0, 0.1) is 0 Å². The lowest BCUT2D eigenvalue weighted by Gasteiger charge is -2.05. The smallest absolute Gasteiger partial charge is 0.293 e. The molecule has 2 rings (SSSR count). The number of nitrogens with one attached hydrogen (secondary N) is 1. The van der Waals surface area contributed by atoms with Gasteiger partial charge in [-0.05, 0) is 18.2 Å². The summed E-state index contributed by atoms with van der Waals surface area (Å²) in [7, 11) is 0. The predicted octanol–water partition coefficient (Wildman–Crippen LogP) is -0.710. The third kappa shape index (κ3) is 2.58. The Morgan fingerprint density at radius 2 is 2.22 bits per heavy atom. The SMILES string of the molecule is NNC(=O)c1cccc(Cn2cccnc2=O)n1. The molecule has 2 aromatic rings. The molecule has 2 aromatic heterocycles. The van der Waals surface area contributed by atoms with Gasteiger partial charge in [0.15, 0.2) is 0 Å². The van der Waals surface area contributed by atoms with Crippen molar-refractivity contribution in [2.75, 3.05) is 0 Å². The first kappa shape index (κ1) is 11.9. The van der Waals surface area contributed by atoms with E-state index in [-0.39, 0.29) is 17.9 Å². The standard InChI is InChI=1S/C11H11N5O2/c12-15-10(17)9-4-1-3-8(14-9)7-16-6-2-5-13-11(16)18/h1-6H,7,12H2,(H,15,17). The number of hydrogen-bond donors (Lipinski definition) is 2. The molecule has 0 aromatic carbocycles. The fraction of sp³-hybridized carbons (Fsp3) is 0.0909. The van der Waals surface area contributed by atoms with Crippen molar-refractivity contribution in [2.45, 2.75) is 6.54 Å². The molecule has 7 heteroatoms. The number of nitrogens with zero attached hydrogens (tertiary/aromatic N) is 3. The van der Waals surface area contributed by atoms with Crippen molar-refractivity contribution in [1.82, 2.24) is 20.0 Å². The molecular formula is C11H11N5O2. The summed E-state index contributed by atoms with van der Waals surface area (Å²) >= 11 is 0. The molecule has 0 aliphatic carbocycles. The molecule has 0 aliphatic rings. The van der Waals surface area contributed by atoms with Crippen molar-refractivity contribution in [3.05, 3.63) is 58.5 Å². The van der Waals surface area contributed by atoms with E-state index in [1.807, 2.05) is 5.43 Å².